The van der Waals surface area contributed by atoms with Crippen molar-refractivity contribution in [3.63, 3.8) is 0 Å². The van der Waals surface area contributed by atoms with Crippen LogP contribution in [0.1, 0.15) is 16.1 Å². The first kappa shape index (κ1) is 11.5. The van der Waals surface area contributed by atoms with Crippen LogP contribution < -0.4 is 5.32 Å². The van der Waals surface area contributed by atoms with Crippen LogP contribution in [0, 0.1) is 6.92 Å². The number of rotatable bonds is 2. The minimum atomic E-state index is -0.163. The first-order valence-electron chi connectivity index (χ1n) is 6.04. The number of carbonyl (C=O) groups excluding carboxylic acids is 1. The Morgan fingerprint density at radius 2 is 2.16 bits per heavy atom. The van der Waals surface area contributed by atoms with Crippen molar-refractivity contribution in [1.82, 2.24) is 9.97 Å². The predicted octanol–water partition coefficient (Wildman–Crippen LogP) is 3.12. The van der Waals surface area contributed by atoms with Gasteiger partial charge in [-0.15, -0.1) is 0 Å². The molecule has 0 bridgehead atoms. The Kier molecular flexibility index (Phi) is 2.76. The molecular formula is C15H13N3O. The number of pyridine rings is 1. The van der Waals surface area contributed by atoms with E-state index < -0.39 is 0 Å². The maximum atomic E-state index is 12.1. The highest BCUT2D eigenvalue weighted by Gasteiger charge is 2.10. The monoisotopic (exact) mass is 251 g/mol. The molecule has 0 spiro atoms. The summed E-state index contributed by atoms with van der Waals surface area (Å²) in [6.45, 7) is 2.02. The van der Waals surface area contributed by atoms with Crippen LogP contribution in [0.2, 0.25) is 0 Å². The number of benzene rings is 1. The molecule has 0 aliphatic carbocycles. The number of anilines is 1. The highest BCUT2D eigenvalue weighted by Crippen LogP contribution is 2.19. The fourth-order valence-electron chi connectivity index (χ4n) is 2.07. The van der Waals surface area contributed by atoms with E-state index in [0.717, 1.165) is 16.5 Å². The fraction of sp³-hybridized carbons (Fsp3) is 0.0667. The molecule has 1 aromatic carbocycles. The Morgan fingerprint density at radius 1 is 1.26 bits per heavy atom. The molecule has 4 heteroatoms. The Morgan fingerprint density at radius 3 is 2.89 bits per heavy atom. The summed E-state index contributed by atoms with van der Waals surface area (Å²) in [4.78, 5) is 19.2. The van der Waals surface area contributed by atoms with Gasteiger partial charge in [0.1, 0.15) is 5.69 Å². The zero-order valence-corrected chi connectivity index (χ0v) is 10.5. The number of aryl methyl sites for hydroxylation is 1. The Hall–Kier alpha value is -2.62. The number of hydrogen-bond donors (Lipinski definition) is 2. The lowest BCUT2D eigenvalue weighted by Gasteiger charge is -2.01. The van der Waals surface area contributed by atoms with E-state index in [1.807, 2.05) is 31.2 Å². The van der Waals surface area contributed by atoms with Crippen molar-refractivity contribution in [2.24, 2.45) is 0 Å². The van der Waals surface area contributed by atoms with Gasteiger partial charge in [0, 0.05) is 17.1 Å². The van der Waals surface area contributed by atoms with Gasteiger partial charge < -0.3 is 10.3 Å². The summed E-state index contributed by atoms with van der Waals surface area (Å²) in [5.41, 5.74) is 3.35. The molecule has 0 saturated carbocycles. The van der Waals surface area contributed by atoms with Crippen LogP contribution in [0.4, 0.5) is 5.69 Å². The quantitative estimate of drug-likeness (QED) is 0.735. The molecule has 19 heavy (non-hydrogen) atoms. The van der Waals surface area contributed by atoms with Crippen LogP contribution in [0.15, 0.2) is 48.8 Å². The van der Waals surface area contributed by atoms with Crippen LogP contribution in [-0.2, 0) is 0 Å². The average molecular weight is 251 g/mol. The third kappa shape index (κ3) is 2.20. The van der Waals surface area contributed by atoms with Gasteiger partial charge in [-0.1, -0.05) is 18.2 Å². The molecular weight excluding hydrogens is 238 g/mol. The number of H-pyrrole nitrogens is 1. The minimum Gasteiger partial charge on any atom is -0.350 e. The number of fused-ring (bicyclic) bond motifs is 1. The van der Waals surface area contributed by atoms with E-state index in [9.17, 15) is 4.79 Å². The number of amides is 1. The number of carbonyl (C=O) groups is 1. The van der Waals surface area contributed by atoms with Gasteiger partial charge in [0.25, 0.3) is 5.91 Å². The lowest BCUT2D eigenvalue weighted by Crippen LogP contribution is -2.12. The smallest absolute Gasteiger partial charge is 0.272 e. The molecule has 1 amide bonds. The van der Waals surface area contributed by atoms with Crippen LogP contribution in [-0.4, -0.2) is 15.9 Å². The number of para-hydroxylation sites is 1. The molecule has 0 radical (unpaired) electrons. The SMILES string of the molecule is Cc1cccc2cc(C(=O)Nc3cccnc3)[nH]c12. The molecule has 0 atom stereocenters. The standard InChI is InChI=1S/C15H13N3O/c1-10-4-2-5-11-8-13(18-14(10)11)15(19)17-12-6-3-7-16-9-12/h2-9,18H,1H3,(H,17,19). The van der Waals surface area contributed by atoms with E-state index >= 15 is 0 Å². The van der Waals surface area contributed by atoms with E-state index in [0.29, 0.717) is 11.4 Å². The Bertz CT molecular complexity index is 731. The largest absolute Gasteiger partial charge is 0.350 e. The van der Waals surface area contributed by atoms with Crippen molar-refractivity contribution in [2.45, 2.75) is 6.92 Å². The van der Waals surface area contributed by atoms with Crippen LogP contribution in [0.25, 0.3) is 10.9 Å². The van der Waals surface area contributed by atoms with Crippen molar-refractivity contribution >= 4 is 22.5 Å². The van der Waals surface area contributed by atoms with Crippen LogP contribution >= 0.6 is 0 Å². The summed E-state index contributed by atoms with van der Waals surface area (Å²) in [5, 5.41) is 3.84. The highest BCUT2D eigenvalue weighted by molar-refractivity contribution is 6.06. The molecule has 2 aromatic heterocycles. The van der Waals surface area contributed by atoms with Gasteiger partial charge in [0.2, 0.25) is 0 Å². The maximum Gasteiger partial charge on any atom is 0.272 e. The number of nitrogens with one attached hydrogen (secondary N) is 2. The fourth-order valence-corrected chi connectivity index (χ4v) is 2.07. The van der Waals surface area contributed by atoms with Gasteiger partial charge in [0.15, 0.2) is 0 Å². The zero-order valence-electron chi connectivity index (χ0n) is 10.5. The average Bonchev–Trinajstić information content (AvgIpc) is 2.85. The van der Waals surface area contributed by atoms with Crippen molar-refractivity contribution in [2.75, 3.05) is 5.32 Å². The number of aromatic nitrogens is 2. The van der Waals surface area contributed by atoms with E-state index in [1.54, 1.807) is 24.5 Å². The Labute approximate surface area is 110 Å². The molecule has 0 fully saturated rings. The van der Waals surface area contributed by atoms with Crippen molar-refractivity contribution < 1.29 is 4.79 Å². The van der Waals surface area contributed by atoms with Crippen molar-refractivity contribution in [3.05, 3.63) is 60.0 Å². The molecule has 0 saturated heterocycles. The molecule has 2 heterocycles. The summed E-state index contributed by atoms with van der Waals surface area (Å²) in [5.74, 6) is -0.163. The third-order valence-electron chi connectivity index (χ3n) is 3.03. The second-order valence-electron chi connectivity index (χ2n) is 4.42. The second kappa shape index (κ2) is 4.57. The number of nitrogens with zero attached hydrogens (tertiary/aromatic N) is 1. The first-order chi connectivity index (χ1) is 9.24. The van der Waals surface area contributed by atoms with E-state index in [1.165, 1.54) is 0 Å². The molecule has 3 aromatic rings. The van der Waals surface area contributed by atoms with Gasteiger partial charge >= 0.3 is 0 Å². The van der Waals surface area contributed by atoms with E-state index in [2.05, 4.69) is 15.3 Å². The molecule has 4 nitrogen and oxygen atoms in total. The molecule has 0 unspecified atom stereocenters. The van der Waals surface area contributed by atoms with E-state index in [4.69, 9.17) is 0 Å². The number of hydrogen-bond acceptors (Lipinski definition) is 2. The van der Waals surface area contributed by atoms with Gasteiger partial charge in [-0.2, -0.15) is 0 Å². The summed E-state index contributed by atoms with van der Waals surface area (Å²) in [7, 11) is 0. The summed E-state index contributed by atoms with van der Waals surface area (Å²) < 4.78 is 0. The molecule has 2 N–H and O–H groups in total. The van der Waals surface area contributed by atoms with Gasteiger partial charge in [-0.05, 0) is 30.7 Å². The zero-order chi connectivity index (χ0) is 13.2. The first-order valence-corrected chi connectivity index (χ1v) is 6.04. The van der Waals surface area contributed by atoms with Crippen molar-refractivity contribution in [3.8, 4) is 0 Å². The molecule has 0 aliphatic rings. The van der Waals surface area contributed by atoms with Gasteiger partial charge in [-0.25, -0.2) is 0 Å². The second-order valence-corrected chi connectivity index (χ2v) is 4.42. The lowest BCUT2D eigenvalue weighted by atomic mass is 10.2. The van der Waals surface area contributed by atoms with Crippen LogP contribution in [0.3, 0.4) is 0 Å². The minimum absolute atomic E-state index is 0.163. The topological polar surface area (TPSA) is 57.8 Å². The molecule has 94 valence electrons. The van der Waals surface area contributed by atoms with Gasteiger partial charge in [0.05, 0.1) is 11.9 Å². The highest BCUT2D eigenvalue weighted by atomic mass is 16.1. The summed E-state index contributed by atoms with van der Waals surface area (Å²) in [6, 6.07) is 11.4. The molecule has 0 aliphatic heterocycles. The molecule has 3 rings (SSSR count). The van der Waals surface area contributed by atoms with Crippen molar-refractivity contribution in [1.29, 1.82) is 0 Å². The summed E-state index contributed by atoms with van der Waals surface area (Å²) >= 11 is 0. The van der Waals surface area contributed by atoms with Crippen LogP contribution in [0.5, 0.6) is 0 Å². The normalized spacial score (nSPS) is 10.6. The Balaban J connectivity index is 1.92. The third-order valence-corrected chi connectivity index (χ3v) is 3.03. The summed E-state index contributed by atoms with van der Waals surface area (Å²) in [6.07, 6.45) is 3.29. The van der Waals surface area contributed by atoms with Gasteiger partial charge in [-0.3, -0.25) is 9.78 Å². The lowest BCUT2D eigenvalue weighted by molar-refractivity contribution is 0.102. The number of aromatic amines is 1. The predicted molar refractivity (Wildman–Crippen MR) is 75.2 cm³/mol. The maximum absolute atomic E-state index is 12.1. The van der Waals surface area contributed by atoms with E-state index in [-0.39, 0.29) is 5.91 Å².